The highest BCUT2D eigenvalue weighted by atomic mass is 28.3. The Kier molecular flexibility index (Phi) is 8.84. The number of aromatic nitrogens is 3. The molecule has 1 saturated heterocycles. The van der Waals surface area contributed by atoms with Gasteiger partial charge in [0.1, 0.15) is 30.1 Å². The van der Waals surface area contributed by atoms with Gasteiger partial charge in [0.15, 0.2) is 0 Å². The maximum atomic E-state index is 12.7. The van der Waals surface area contributed by atoms with E-state index >= 15 is 0 Å². The summed E-state index contributed by atoms with van der Waals surface area (Å²) in [6.07, 6.45) is 11.9. The third-order valence-electron chi connectivity index (χ3n) is 7.36. The van der Waals surface area contributed by atoms with Crippen molar-refractivity contribution < 1.29 is 14.3 Å². The molecule has 0 unspecified atom stereocenters. The Morgan fingerprint density at radius 3 is 2.59 bits per heavy atom. The summed E-state index contributed by atoms with van der Waals surface area (Å²) < 4.78 is 13.9. The van der Waals surface area contributed by atoms with Crippen LogP contribution >= 0.6 is 0 Å². The summed E-state index contributed by atoms with van der Waals surface area (Å²) in [5.74, 6) is 1.59. The van der Waals surface area contributed by atoms with Gasteiger partial charge < -0.3 is 24.3 Å². The van der Waals surface area contributed by atoms with Crippen LogP contribution in [-0.2, 0) is 22.6 Å². The molecule has 2 fully saturated rings. The van der Waals surface area contributed by atoms with E-state index in [4.69, 9.17) is 19.4 Å². The van der Waals surface area contributed by atoms with Gasteiger partial charge in [0.25, 0.3) is 0 Å². The predicted molar refractivity (Wildman–Crippen MR) is 152 cm³/mol. The topological polar surface area (TPSA) is 81.5 Å². The van der Waals surface area contributed by atoms with E-state index in [0.29, 0.717) is 13.3 Å². The summed E-state index contributed by atoms with van der Waals surface area (Å²) >= 11 is 0. The van der Waals surface area contributed by atoms with E-state index in [-0.39, 0.29) is 12.1 Å². The minimum absolute atomic E-state index is 0.120. The average molecular weight is 530 g/mol. The monoisotopic (exact) mass is 529 g/mol. The van der Waals surface area contributed by atoms with Crippen LogP contribution in [0.15, 0.2) is 12.5 Å². The minimum Gasteiger partial charge on any atom is -0.444 e. The van der Waals surface area contributed by atoms with Crippen LogP contribution in [0.2, 0.25) is 25.7 Å². The number of nitrogens with one attached hydrogen (secondary N) is 1. The van der Waals surface area contributed by atoms with Crippen molar-refractivity contribution in [3.63, 3.8) is 0 Å². The van der Waals surface area contributed by atoms with Crippen LogP contribution in [-0.4, -0.2) is 64.9 Å². The van der Waals surface area contributed by atoms with Crippen molar-refractivity contribution in [1.82, 2.24) is 19.4 Å². The van der Waals surface area contributed by atoms with E-state index < -0.39 is 13.7 Å². The van der Waals surface area contributed by atoms with Crippen molar-refractivity contribution in [3.05, 3.63) is 18.1 Å². The zero-order valence-electron chi connectivity index (χ0n) is 23.8. The van der Waals surface area contributed by atoms with E-state index in [0.717, 1.165) is 61.2 Å². The number of hydrogen-bond donors (Lipinski definition) is 1. The number of nitrogens with zero attached hydrogens (tertiary/aromatic N) is 4. The second-order valence-electron chi connectivity index (χ2n) is 13.2. The van der Waals surface area contributed by atoms with Gasteiger partial charge in [-0.15, -0.1) is 0 Å². The number of ether oxygens (including phenoxy) is 2. The highest BCUT2D eigenvalue weighted by Crippen LogP contribution is 2.34. The SMILES string of the molecule is CC(C)(C)OC(=O)N1CCC[C@@H](Nc2ncnc3c2c(CC2CCCC2)cn3COCC[Si](C)(C)C)C1. The molecule has 206 valence electrons. The molecule has 0 spiro atoms. The Labute approximate surface area is 223 Å². The van der Waals surface area contributed by atoms with Gasteiger partial charge in [0, 0.05) is 40.0 Å². The van der Waals surface area contributed by atoms with Crippen LogP contribution in [0, 0.1) is 5.92 Å². The summed E-state index contributed by atoms with van der Waals surface area (Å²) in [7, 11) is -1.14. The Hall–Kier alpha value is -2.13. The fraction of sp³-hybridized carbons (Fsp3) is 0.750. The highest BCUT2D eigenvalue weighted by Gasteiger charge is 2.29. The van der Waals surface area contributed by atoms with Crippen molar-refractivity contribution in [2.45, 2.75) is 110 Å². The van der Waals surface area contributed by atoms with Crippen molar-refractivity contribution >= 4 is 31.0 Å². The molecule has 9 heteroatoms. The molecule has 0 aromatic carbocycles. The van der Waals surface area contributed by atoms with Gasteiger partial charge in [-0.2, -0.15) is 0 Å². The molecule has 1 saturated carbocycles. The molecule has 8 nitrogen and oxygen atoms in total. The van der Waals surface area contributed by atoms with Gasteiger partial charge in [-0.05, 0) is 57.6 Å². The molecule has 4 rings (SSSR count). The normalized spacial score (nSPS) is 19.5. The number of rotatable bonds is 9. The Balaban J connectivity index is 1.53. The molecule has 1 N–H and O–H groups in total. The van der Waals surface area contributed by atoms with Crippen molar-refractivity contribution in [2.75, 3.05) is 25.0 Å². The first-order valence-electron chi connectivity index (χ1n) is 14.1. The second kappa shape index (κ2) is 11.7. The zero-order valence-corrected chi connectivity index (χ0v) is 24.8. The smallest absolute Gasteiger partial charge is 0.410 e. The fourth-order valence-electron chi connectivity index (χ4n) is 5.41. The van der Waals surface area contributed by atoms with Gasteiger partial charge in [0.05, 0.1) is 5.39 Å². The van der Waals surface area contributed by atoms with Gasteiger partial charge in [-0.3, -0.25) is 0 Å². The zero-order chi connectivity index (χ0) is 26.6. The molecule has 0 radical (unpaired) electrons. The maximum Gasteiger partial charge on any atom is 0.410 e. The quantitative estimate of drug-likeness (QED) is 0.304. The van der Waals surface area contributed by atoms with Gasteiger partial charge in [-0.25, -0.2) is 14.8 Å². The summed E-state index contributed by atoms with van der Waals surface area (Å²) in [4.78, 5) is 23.9. The summed E-state index contributed by atoms with van der Waals surface area (Å²) in [6, 6.07) is 1.27. The highest BCUT2D eigenvalue weighted by molar-refractivity contribution is 6.76. The van der Waals surface area contributed by atoms with E-state index in [1.807, 2.05) is 25.7 Å². The van der Waals surface area contributed by atoms with E-state index in [1.54, 1.807) is 6.33 Å². The largest absolute Gasteiger partial charge is 0.444 e. The van der Waals surface area contributed by atoms with E-state index in [9.17, 15) is 4.79 Å². The van der Waals surface area contributed by atoms with Crippen LogP contribution in [0.1, 0.15) is 64.9 Å². The van der Waals surface area contributed by atoms with Crippen molar-refractivity contribution in [3.8, 4) is 0 Å². The van der Waals surface area contributed by atoms with Crippen LogP contribution in [0.4, 0.5) is 10.6 Å². The maximum absolute atomic E-state index is 12.7. The van der Waals surface area contributed by atoms with Crippen LogP contribution < -0.4 is 5.32 Å². The number of anilines is 1. The molecule has 3 heterocycles. The van der Waals surface area contributed by atoms with Crippen LogP contribution in [0.5, 0.6) is 0 Å². The number of carbonyl (C=O) groups is 1. The lowest BCUT2D eigenvalue weighted by Crippen LogP contribution is -2.47. The number of likely N-dealkylation sites (tertiary alicyclic amines) is 1. The van der Waals surface area contributed by atoms with Crippen LogP contribution in [0.25, 0.3) is 11.0 Å². The predicted octanol–water partition coefficient (Wildman–Crippen LogP) is 6.29. The first kappa shape index (κ1) is 27.9. The first-order chi connectivity index (χ1) is 17.5. The third kappa shape index (κ3) is 7.93. The van der Waals surface area contributed by atoms with Gasteiger partial charge >= 0.3 is 6.09 Å². The number of carbonyl (C=O) groups excluding carboxylic acids is 1. The molecule has 0 bridgehead atoms. The third-order valence-corrected chi connectivity index (χ3v) is 9.06. The van der Waals surface area contributed by atoms with Gasteiger partial charge in [-0.1, -0.05) is 45.3 Å². The lowest BCUT2D eigenvalue weighted by molar-refractivity contribution is 0.0206. The minimum atomic E-state index is -1.14. The lowest BCUT2D eigenvalue weighted by Gasteiger charge is -2.34. The molecule has 2 aromatic rings. The summed E-state index contributed by atoms with van der Waals surface area (Å²) in [6.45, 7) is 15.5. The number of piperidine rings is 1. The number of hydrogen-bond acceptors (Lipinski definition) is 6. The summed E-state index contributed by atoms with van der Waals surface area (Å²) in [5, 5.41) is 4.80. The molecule has 37 heavy (non-hydrogen) atoms. The Morgan fingerprint density at radius 1 is 1.14 bits per heavy atom. The first-order valence-corrected chi connectivity index (χ1v) is 17.8. The van der Waals surface area contributed by atoms with E-state index in [1.165, 1.54) is 31.2 Å². The van der Waals surface area contributed by atoms with Crippen molar-refractivity contribution in [1.29, 1.82) is 0 Å². The molecule has 1 amide bonds. The molecule has 1 aliphatic heterocycles. The molecule has 1 aliphatic carbocycles. The Morgan fingerprint density at radius 2 is 1.89 bits per heavy atom. The number of amides is 1. The molecular weight excluding hydrogens is 482 g/mol. The van der Waals surface area contributed by atoms with E-state index in [2.05, 4.69) is 35.7 Å². The lowest BCUT2D eigenvalue weighted by atomic mass is 9.98. The standard InChI is InChI=1S/C28H47N5O3Si/c1-28(2,3)36-27(34)32-13-9-12-23(18-32)31-25-24-22(16-21-10-7-8-11-21)17-33(26(24)30-19-29-25)20-35-14-15-37(4,5)6/h17,19,21,23H,7-16,18,20H2,1-6H3,(H,29,30,31)/t23-/m1/s1. The van der Waals surface area contributed by atoms with Crippen LogP contribution in [0.3, 0.4) is 0 Å². The molecule has 2 aromatic heterocycles. The number of fused-ring (bicyclic) bond motifs is 1. The average Bonchev–Trinajstić information content (AvgIpc) is 3.44. The molecule has 1 atom stereocenters. The van der Waals surface area contributed by atoms with Crippen molar-refractivity contribution in [2.24, 2.45) is 5.92 Å². The summed E-state index contributed by atoms with van der Waals surface area (Å²) in [5.41, 5.74) is 1.74. The fourth-order valence-corrected chi connectivity index (χ4v) is 6.17. The Bertz CT molecular complexity index is 1050. The second-order valence-corrected chi connectivity index (χ2v) is 18.8. The molecular formula is C28H47N5O3Si. The van der Waals surface area contributed by atoms with Gasteiger partial charge in [0.2, 0.25) is 0 Å². The molecule has 2 aliphatic rings.